The summed E-state index contributed by atoms with van der Waals surface area (Å²) in [5, 5.41) is 14.0. The molecule has 2 rings (SSSR count). The van der Waals surface area contributed by atoms with Crippen LogP contribution in [0.4, 0.5) is 13.2 Å². The molecule has 0 spiro atoms. The number of carboxylic acid groups (broad SMARTS) is 1. The molecule has 0 saturated carbocycles. The average Bonchev–Trinajstić information content (AvgIpc) is 2.77. The number of halogens is 3. The molecule has 18 heavy (non-hydrogen) atoms. The number of benzene rings is 1. The van der Waals surface area contributed by atoms with Crippen molar-refractivity contribution < 1.29 is 27.9 Å². The fourth-order valence-electron chi connectivity index (χ4n) is 1.55. The molecule has 7 heteroatoms. The van der Waals surface area contributed by atoms with Crippen LogP contribution in [0.25, 0.3) is 0 Å². The van der Waals surface area contributed by atoms with Gasteiger partial charge in [0, 0.05) is 12.0 Å². The minimum absolute atomic E-state index is 0.107. The van der Waals surface area contributed by atoms with Crippen LogP contribution in [-0.4, -0.2) is 17.8 Å². The molecular formula is C11H7F3NO3-. The van der Waals surface area contributed by atoms with E-state index in [1.807, 2.05) is 0 Å². The zero-order valence-electron chi connectivity index (χ0n) is 8.90. The third-order valence-electron chi connectivity index (χ3n) is 2.45. The van der Waals surface area contributed by atoms with E-state index in [-0.39, 0.29) is 17.7 Å². The Morgan fingerprint density at radius 3 is 2.72 bits per heavy atom. The monoisotopic (exact) mass is 258 g/mol. The van der Waals surface area contributed by atoms with E-state index in [1.165, 1.54) is 12.1 Å². The van der Waals surface area contributed by atoms with E-state index in [0.717, 1.165) is 12.1 Å². The number of rotatable bonds is 2. The maximum Gasteiger partial charge on any atom is 0.416 e. The maximum absolute atomic E-state index is 12.5. The summed E-state index contributed by atoms with van der Waals surface area (Å²) in [6, 6.07) is 4.47. The van der Waals surface area contributed by atoms with Gasteiger partial charge in [0.1, 0.15) is 0 Å². The lowest BCUT2D eigenvalue weighted by atomic mass is 10.0. The van der Waals surface area contributed by atoms with Crippen LogP contribution in [0.2, 0.25) is 0 Å². The predicted octanol–water partition coefficient (Wildman–Crippen LogP) is 0.948. The van der Waals surface area contributed by atoms with Crippen molar-refractivity contribution in [3.8, 4) is 0 Å². The van der Waals surface area contributed by atoms with Gasteiger partial charge in [-0.2, -0.15) is 13.2 Å². The quantitative estimate of drug-likeness (QED) is 0.793. The lowest BCUT2D eigenvalue weighted by molar-refractivity contribution is -0.315. The summed E-state index contributed by atoms with van der Waals surface area (Å²) in [5.74, 6) is -1.44. The van der Waals surface area contributed by atoms with E-state index in [0.29, 0.717) is 0 Å². The summed E-state index contributed by atoms with van der Waals surface area (Å²) in [7, 11) is 0. The van der Waals surface area contributed by atoms with Crippen molar-refractivity contribution >= 4 is 11.7 Å². The number of carboxylic acids is 1. The molecule has 1 aliphatic rings. The Hall–Kier alpha value is -2.05. The molecule has 0 aromatic heterocycles. The van der Waals surface area contributed by atoms with Crippen LogP contribution in [0, 0.1) is 0 Å². The summed E-state index contributed by atoms with van der Waals surface area (Å²) in [6.45, 7) is 0. The summed E-state index contributed by atoms with van der Waals surface area (Å²) < 4.78 is 37.5. The molecule has 1 aromatic carbocycles. The van der Waals surface area contributed by atoms with E-state index < -0.39 is 23.8 Å². The lowest BCUT2D eigenvalue weighted by Crippen LogP contribution is -2.35. The first kappa shape index (κ1) is 12.4. The second kappa shape index (κ2) is 4.32. The van der Waals surface area contributed by atoms with Crippen molar-refractivity contribution in [2.45, 2.75) is 18.7 Å². The average molecular weight is 258 g/mol. The Kier molecular flexibility index (Phi) is 2.98. The van der Waals surface area contributed by atoms with Gasteiger partial charge in [-0.25, -0.2) is 0 Å². The van der Waals surface area contributed by atoms with Crippen LogP contribution in [0.3, 0.4) is 0 Å². The second-order valence-corrected chi connectivity index (χ2v) is 3.73. The zero-order valence-corrected chi connectivity index (χ0v) is 8.90. The molecule has 1 aliphatic heterocycles. The van der Waals surface area contributed by atoms with Crippen molar-refractivity contribution in [3.63, 3.8) is 0 Å². The molecule has 0 radical (unpaired) electrons. The molecule has 0 aliphatic carbocycles. The molecule has 0 bridgehead atoms. The summed E-state index contributed by atoms with van der Waals surface area (Å²) >= 11 is 0. The standard InChI is InChI=1S/C11H8F3NO3/c12-11(13,14)7-3-1-2-6(4-7)8-5-9(10(16)17)18-15-8/h1-4,9H,5H2,(H,16,17)/p-1. The number of carbonyl (C=O) groups excluding carboxylic acids is 1. The predicted molar refractivity (Wildman–Crippen MR) is 52.5 cm³/mol. The second-order valence-electron chi connectivity index (χ2n) is 3.73. The Morgan fingerprint density at radius 2 is 2.17 bits per heavy atom. The topological polar surface area (TPSA) is 61.7 Å². The Labute approximate surface area is 99.7 Å². The normalized spacial score (nSPS) is 19.3. The van der Waals surface area contributed by atoms with Gasteiger partial charge in [0.05, 0.1) is 17.2 Å². The van der Waals surface area contributed by atoms with Gasteiger partial charge in [-0.15, -0.1) is 0 Å². The minimum Gasteiger partial charge on any atom is -0.546 e. The molecule has 0 fully saturated rings. The number of nitrogens with zero attached hydrogens (tertiary/aromatic N) is 1. The fourth-order valence-corrected chi connectivity index (χ4v) is 1.55. The summed E-state index contributed by atoms with van der Waals surface area (Å²) in [4.78, 5) is 15.1. The molecule has 0 saturated heterocycles. The third kappa shape index (κ3) is 2.44. The van der Waals surface area contributed by atoms with Crippen LogP contribution in [-0.2, 0) is 15.8 Å². The van der Waals surface area contributed by atoms with Gasteiger partial charge < -0.3 is 14.7 Å². The van der Waals surface area contributed by atoms with Gasteiger partial charge >= 0.3 is 6.18 Å². The first-order valence-corrected chi connectivity index (χ1v) is 4.99. The van der Waals surface area contributed by atoms with Crippen molar-refractivity contribution in [3.05, 3.63) is 35.4 Å². The zero-order chi connectivity index (χ0) is 13.3. The molecule has 1 heterocycles. The van der Waals surface area contributed by atoms with Crippen LogP contribution >= 0.6 is 0 Å². The lowest BCUT2D eigenvalue weighted by Gasteiger charge is -2.09. The molecule has 1 atom stereocenters. The SMILES string of the molecule is O=C([O-])C1CC(c2cccc(C(F)(F)F)c2)=NO1. The van der Waals surface area contributed by atoms with E-state index in [2.05, 4.69) is 9.99 Å². The van der Waals surface area contributed by atoms with Crippen LogP contribution in [0.1, 0.15) is 17.5 Å². The molecule has 1 aromatic rings. The van der Waals surface area contributed by atoms with Crippen molar-refractivity contribution in [2.75, 3.05) is 0 Å². The fraction of sp³-hybridized carbons (Fsp3) is 0.273. The smallest absolute Gasteiger partial charge is 0.416 e. The van der Waals surface area contributed by atoms with Crippen molar-refractivity contribution in [1.82, 2.24) is 0 Å². The molecule has 4 nitrogen and oxygen atoms in total. The first-order valence-electron chi connectivity index (χ1n) is 4.99. The number of hydrogen-bond acceptors (Lipinski definition) is 4. The highest BCUT2D eigenvalue weighted by Crippen LogP contribution is 2.30. The van der Waals surface area contributed by atoms with Gasteiger partial charge in [0.25, 0.3) is 0 Å². The summed E-state index contributed by atoms with van der Waals surface area (Å²) in [5.41, 5.74) is -0.469. The molecule has 0 N–H and O–H groups in total. The largest absolute Gasteiger partial charge is 0.546 e. The van der Waals surface area contributed by atoms with Gasteiger partial charge in [0.2, 0.25) is 0 Å². The van der Waals surface area contributed by atoms with Crippen LogP contribution in [0.5, 0.6) is 0 Å². The highest BCUT2D eigenvalue weighted by atomic mass is 19.4. The molecule has 96 valence electrons. The Morgan fingerprint density at radius 1 is 1.44 bits per heavy atom. The number of hydrogen-bond donors (Lipinski definition) is 0. The molecular weight excluding hydrogens is 251 g/mol. The number of aliphatic carboxylic acids is 1. The highest BCUT2D eigenvalue weighted by molar-refractivity contribution is 6.03. The van der Waals surface area contributed by atoms with Crippen molar-refractivity contribution in [1.29, 1.82) is 0 Å². The van der Waals surface area contributed by atoms with Crippen LogP contribution in [0.15, 0.2) is 29.4 Å². The summed E-state index contributed by atoms with van der Waals surface area (Å²) in [6.07, 6.45) is -5.80. The number of carbonyl (C=O) groups is 1. The van der Waals surface area contributed by atoms with Gasteiger partial charge in [-0.1, -0.05) is 17.3 Å². The third-order valence-corrected chi connectivity index (χ3v) is 2.45. The number of oxime groups is 1. The van der Waals surface area contributed by atoms with E-state index in [9.17, 15) is 23.1 Å². The van der Waals surface area contributed by atoms with E-state index >= 15 is 0 Å². The van der Waals surface area contributed by atoms with Gasteiger partial charge in [0.15, 0.2) is 6.10 Å². The molecule has 0 amide bonds. The van der Waals surface area contributed by atoms with Gasteiger partial charge in [-0.05, 0) is 12.1 Å². The van der Waals surface area contributed by atoms with E-state index in [4.69, 9.17) is 0 Å². The van der Waals surface area contributed by atoms with Crippen molar-refractivity contribution in [2.24, 2.45) is 5.16 Å². The minimum atomic E-state index is -4.45. The number of alkyl halides is 3. The Bertz CT molecular complexity index is 511. The highest BCUT2D eigenvalue weighted by Gasteiger charge is 2.31. The molecule has 1 unspecified atom stereocenters. The Balaban J connectivity index is 2.23. The first-order chi connectivity index (χ1) is 8.38. The van der Waals surface area contributed by atoms with Crippen LogP contribution < -0.4 is 5.11 Å². The maximum atomic E-state index is 12.5. The van der Waals surface area contributed by atoms with E-state index in [1.54, 1.807) is 0 Å². The van der Waals surface area contributed by atoms with Gasteiger partial charge in [-0.3, -0.25) is 0 Å².